The van der Waals surface area contributed by atoms with E-state index in [1.54, 1.807) is 17.5 Å². The van der Waals surface area contributed by atoms with Gasteiger partial charge in [-0.05, 0) is 26.0 Å². The van der Waals surface area contributed by atoms with Gasteiger partial charge >= 0.3 is 0 Å². The van der Waals surface area contributed by atoms with Gasteiger partial charge in [-0.1, -0.05) is 12.1 Å². The molecule has 0 bridgehead atoms. The van der Waals surface area contributed by atoms with E-state index in [0.29, 0.717) is 0 Å². The summed E-state index contributed by atoms with van der Waals surface area (Å²) in [4.78, 5) is 4.09. The van der Waals surface area contributed by atoms with Crippen molar-refractivity contribution >= 4 is 5.84 Å². The maximum absolute atomic E-state index is 5.87. The summed E-state index contributed by atoms with van der Waals surface area (Å²) in [5.41, 5.74) is 0.938. The number of aromatic nitrogens is 2. The summed E-state index contributed by atoms with van der Waals surface area (Å²) in [6, 6.07) is 7.89. The zero-order valence-electron chi connectivity index (χ0n) is 12.3. The molecule has 0 fully saturated rings. The van der Waals surface area contributed by atoms with E-state index in [9.17, 15) is 0 Å². The number of ether oxygens (including phenoxy) is 1. The molecule has 0 unspecified atom stereocenters. The molecule has 2 aromatic rings. The van der Waals surface area contributed by atoms with Crippen LogP contribution in [0.1, 0.15) is 19.4 Å². The van der Waals surface area contributed by atoms with Crippen molar-refractivity contribution in [2.45, 2.75) is 20.0 Å². The first-order chi connectivity index (χ1) is 9.58. The highest BCUT2D eigenvalue weighted by molar-refractivity contribution is 6.02. The quantitative estimate of drug-likeness (QED) is 0.488. The van der Waals surface area contributed by atoms with E-state index in [4.69, 9.17) is 4.74 Å². The zero-order valence-corrected chi connectivity index (χ0v) is 12.3. The minimum atomic E-state index is 0.111. The molecule has 0 saturated carbocycles. The van der Waals surface area contributed by atoms with Gasteiger partial charge in [0.05, 0.1) is 11.7 Å². The Morgan fingerprint density at radius 3 is 2.65 bits per heavy atom. The summed E-state index contributed by atoms with van der Waals surface area (Å²) < 4.78 is 7.75. The third-order valence-electron chi connectivity index (χ3n) is 2.53. The number of hydrogen-bond acceptors (Lipinski definition) is 4. The summed E-state index contributed by atoms with van der Waals surface area (Å²) in [5, 5.41) is 6.32. The average molecular weight is 272 g/mol. The number of nitrogens with zero attached hydrogens (tertiary/aromatic N) is 4. The van der Waals surface area contributed by atoms with Gasteiger partial charge in [0.15, 0.2) is 5.84 Å². The standard InChI is InChI=1S/C15H20N4O/c1-12(2)20-14-8-6-5-7-13(14)15(17-18(3)4)19-10-9-16-11-19/h5-12H,1-4H3. The molecule has 0 amide bonds. The number of hydrogen-bond donors (Lipinski definition) is 0. The first kappa shape index (κ1) is 14.1. The van der Waals surface area contributed by atoms with Crippen LogP contribution in [-0.2, 0) is 0 Å². The summed E-state index contributed by atoms with van der Waals surface area (Å²) in [6.07, 6.45) is 5.44. The lowest BCUT2D eigenvalue weighted by molar-refractivity contribution is 0.242. The van der Waals surface area contributed by atoms with Crippen LogP contribution in [0.25, 0.3) is 0 Å². The third-order valence-corrected chi connectivity index (χ3v) is 2.53. The van der Waals surface area contributed by atoms with Crippen LogP contribution in [0.15, 0.2) is 48.1 Å². The molecule has 5 nitrogen and oxygen atoms in total. The van der Waals surface area contributed by atoms with E-state index in [1.807, 2.05) is 63.0 Å². The van der Waals surface area contributed by atoms with Gasteiger partial charge < -0.3 is 9.75 Å². The highest BCUT2D eigenvalue weighted by Gasteiger charge is 2.13. The van der Waals surface area contributed by atoms with Crippen molar-refractivity contribution in [2.75, 3.05) is 14.1 Å². The van der Waals surface area contributed by atoms with Crippen LogP contribution in [0.2, 0.25) is 0 Å². The van der Waals surface area contributed by atoms with Crippen molar-refractivity contribution in [1.82, 2.24) is 14.6 Å². The fourth-order valence-electron chi connectivity index (χ4n) is 1.83. The summed E-state index contributed by atoms with van der Waals surface area (Å²) in [6.45, 7) is 4.02. The van der Waals surface area contributed by atoms with Gasteiger partial charge in [-0.15, -0.1) is 0 Å². The molecule has 1 heterocycles. The zero-order chi connectivity index (χ0) is 14.5. The minimum absolute atomic E-state index is 0.111. The fourth-order valence-corrected chi connectivity index (χ4v) is 1.83. The van der Waals surface area contributed by atoms with Crippen molar-refractivity contribution in [3.8, 4) is 5.75 Å². The van der Waals surface area contributed by atoms with Gasteiger partial charge in [0, 0.05) is 26.5 Å². The smallest absolute Gasteiger partial charge is 0.168 e. The predicted molar refractivity (Wildman–Crippen MR) is 80.1 cm³/mol. The van der Waals surface area contributed by atoms with Crippen LogP contribution in [0, 0.1) is 0 Å². The average Bonchev–Trinajstić information content (AvgIpc) is 2.89. The molecule has 0 radical (unpaired) electrons. The lowest BCUT2D eigenvalue weighted by atomic mass is 10.1. The van der Waals surface area contributed by atoms with Crippen LogP contribution in [0.4, 0.5) is 0 Å². The molecule has 0 aliphatic heterocycles. The summed E-state index contributed by atoms with van der Waals surface area (Å²) in [7, 11) is 3.78. The topological polar surface area (TPSA) is 42.6 Å². The first-order valence-corrected chi connectivity index (χ1v) is 6.58. The summed E-state index contributed by atoms with van der Waals surface area (Å²) in [5.74, 6) is 1.60. The van der Waals surface area contributed by atoms with Crippen LogP contribution in [0.5, 0.6) is 5.75 Å². The molecule has 1 aromatic heterocycles. The molecule has 0 aliphatic rings. The number of benzene rings is 1. The van der Waals surface area contributed by atoms with Gasteiger partial charge in [0.2, 0.25) is 0 Å². The Labute approximate surface area is 119 Å². The SMILES string of the molecule is CC(C)Oc1ccccc1C(=NN(C)C)n1ccnc1. The van der Waals surface area contributed by atoms with Crippen LogP contribution in [0.3, 0.4) is 0 Å². The van der Waals surface area contributed by atoms with Gasteiger partial charge in [0.1, 0.15) is 12.1 Å². The molecule has 20 heavy (non-hydrogen) atoms. The van der Waals surface area contributed by atoms with E-state index in [0.717, 1.165) is 17.1 Å². The second-order valence-corrected chi connectivity index (χ2v) is 4.90. The van der Waals surface area contributed by atoms with Crippen molar-refractivity contribution in [2.24, 2.45) is 5.10 Å². The Bertz CT molecular complexity index is 573. The Hall–Kier alpha value is -2.30. The van der Waals surface area contributed by atoms with Gasteiger partial charge in [-0.2, -0.15) is 5.10 Å². The molecule has 0 N–H and O–H groups in total. The normalized spacial score (nSPS) is 11.8. The highest BCUT2D eigenvalue weighted by atomic mass is 16.5. The Morgan fingerprint density at radius 1 is 1.30 bits per heavy atom. The molecule has 2 rings (SSSR count). The molecule has 0 spiro atoms. The van der Waals surface area contributed by atoms with Crippen LogP contribution >= 0.6 is 0 Å². The van der Waals surface area contributed by atoms with E-state index < -0.39 is 0 Å². The molecular weight excluding hydrogens is 252 g/mol. The fraction of sp³-hybridized carbons (Fsp3) is 0.333. The van der Waals surface area contributed by atoms with Gasteiger partial charge in [0.25, 0.3) is 0 Å². The van der Waals surface area contributed by atoms with Crippen LogP contribution < -0.4 is 4.74 Å². The molecule has 0 saturated heterocycles. The molecule has 5 heteroatoms. The lowest BCUT2D eigenvalue weighted by Crippen LogP contribution is -2.19. The number of hydrazone groups is 1. The maximum Gasteiger partial charge on any atom is 0.168 e. The van der Waals surface area contributed by atoms with Crippen molar-refractivity contribution in [1.29, 1.82) is 0 Å². The van der Waals surface area contributed by atoms with E-state index >= 15 is 0 Å². The molecule has 106 valence electrons. The molecule has 0 atom stereocenters. The first-order valence-electron chi connectivity index (χ1n) is 6.58. The van der Waals surface area contributed by atoms with Crippen molar-refractivity contribution in [3.05, 3.63) is 48.5 Å². The molecule has 1 aromatic carbocycles. The lowest BCUT2D eigenvalue weighted by Gasteiger charge is -2.17. The predicted octanol–water partition coefficient (Wildman–Crippen LogP) is 2.44. The summed E-state index contributed by atoms with van der Waals surface area (Å²) >= 11 is 0. The molecular formula is C15H20N4O. The van der Waals surface area contributed by atoms with Crippen molar-refractivity contribution < 1.29 is 4.74 Å². The van der Waals surface area contributed by atoms with Crippen LogP contribution in [-0.4, -0.2) is 40.6 Å². The van der Waals surface area contributed by atoms with E-state index in [1.165, 1.54) is 0 Å². The highest BCUT2D eigenvalue weighted by Crippen LogP contribution is 2.21. The van der Waals surface area contributed by atoms with E-state index in [-0.39, 0.29) is 6.10 Å². The third kappa shape index (κ3) is 3.38. The largest absolute Gasteiger partial charge is 0.490 e. The number of para-hydroxylation sites is 1. The number of rotatable bonds is 4. The Kier molecular flexibility index (Phi) is 4.40. The van der Waals surface area contributed by atoms with Gasteiger partial charge in [-0.25, -0.2) is 4.98 Å². The Morgan fingerprint density at radius 2 is 2.05 bits per heavy atom. The molecule has 0 aliphatic carbocycles. The van der Waals surface area contributed by atoms with Crippen molar-refractivity contribution in [3.63, 3.8) is 0 Å². The maximum atomic E-state index is 5.87. The Balaban J connectivity index is 2.50. The monoisotopic (exact) mass is 272 g/mol. The minimum Gasteiger partial charge on any atom is -0.490 e. The van der Waals surface area contributed by atoms with E-state index in [2.05, 4.69) is 10.1 Å². The second-order valence-electron chi connectivity index (χ2n) is 4.90. The number of imidazole rings is 1. The van der Waals surface area contributed by atoms with Gasteiger partial charge in [-0.3, -0.25) is 4.57 Å². The second kappa shape index (κ2) is 6.23.